The second kappa shape index (κ2) is 11.4. The molecular weight excluding hydrogens is 478 g/mol. The van der Waals surface area contributed by atoms with Gasteiger partial charge in [-0.1, -0.05) is 30.3 Å². The highest BCUT2D eigenvalue weighted by Crippen LogP contribution is 2.46. The number of methoxy groups -OCH3 is 3. The Hall–Kier alpha value is -3.98. The number of ether oxygens (including phenoxy) is 4. The maximum absolute atomic E-state index is 13.2. The molecule has 0 saturated carbocycles. The molecule has 0 aliphatic carbocycles. The molecule has 0 fully saturated rings. The third-order valence-electron chi connectivity index (χ3n) is 6.51. The first-order valence-corrected chi connectivity index (χ1v) is 12.0. The molecule has 0 spiro atoms. The van der Waals surface area contributed by atoms with Crippen molar-refractivity contribution in [3.8, 4) is 23.0 Å². The number of carbonyl (C=O) groups excluding carboxylic acids is 1. The molecular formula is C28H31NO8. The predicted octanol–water partition coefficient (Wildman–Crippen LogP) is 3.63. The van der Waals surface area contributed by atoms with E-state index in [4.69, 9.17) is 23.4 Å². The summed E-state index contributed by atoms with van der Waals surface area (Å²) >= 11 is 0. The molecule has 1 aliphatic rings. The summed E-state index contributed by atoms with van der Waals surface area (Å²) in [6.07, 6.45) is 0.382. The van der Waals surface area contributed by atoms with Gasteiger partial charge in [-0.3, -0.25) is 4.79 Å². The minimum Gasteiger partial charge on any atom is -0.507 e. The van der Waals surface area contributed by atoms with Crippen molar-refractivity contribution in [2.24, 2.45) is 0 Å². The lowest BCUT2D eigenvalue weighted by Crippen LogP contribution is -2.33. The van der Waals surface area contributed by atoms with Gasteiger partial charge >= 0.3 is 5.63 Å². The van der Waals surface area contributed by atoms with E-state index in [9.17, 15) is 14.7 Å². The Labute approximate surface area is 214 Å². The monoisotopic (exact) mass is 509 g/mol. The van der Waals surface area contributed by atoms with Crippen LogP contribution in [-0.4, -0.2) is 45.5 Å². The Kier molecular flexibility index (Phi) is 8.03. The molecule has 1 amide bonds. The SMILES string of the molecule is COc1ccc([C@H](CC(=O)NC[C@H]2OCCc3ccccc32)c2c(O)cc(C)oc2=O)c(OC)c1OC. The van der Waals surface area contributed by atoms with Crippen LogP contribution in [0.3, 0.4) is 0 Å². The zero-order valence-electron chi connectivity index (χ0n) is 21.3. The van der Waals surface area contributed by atoms with E-state index in [0.29, 0.717) is 23.7 Å². The summed E-state index contributed by atoms with van der Waals surface area (Å²) in [6.45, 7) is 2.40. The average molecular weight is 510 g/mol. The molecule has 0 saturated heterocycles. The molecule has 0 radical (unpaired) electrons. The lowest BCUT2D eigenvalue weighted by molar-refractivity contribution is -0.122. The van der Waals surface area contributed by atoms with E-state index < -0.39 is 11.5 Å². The number of aryl methyl sites for hydroxylation is 1. The van der Waals surface area contributed by atoms with Gasteiger partial charge in [0.1, 0.15) is 17.6 Å². The van der Waals surface area contributed by atoms with Gasteiger partial charge in [0.15, 0.2) is 11.5 Å². The van der Waals surface area contributed by atoms with E-state index >= 15 is 0 Å². The molecule has 1 aliphatic heterocycles. The average Bonchev–Trinajstić information content (AvgIpc) is 2.89. The standard InChI is InChI=1S/C28H31NO8/c1-16-13-21(30)25(28(32)37-16)20(19-9-10-22(33-2)27(35-4)26(19)34-3)14-24(31)29-15-23-18-8-6-5-7-17(18)11-12-36-23/h5-10,13,20,23,30H,11-12,14-15H2,1-4H3,(H,29,31)/t20-,23+/m0/s1. The summed E-state index contributed by atoms with van der Waals surface area (Å²) < 4.78 is 27.7. The highest BCUT2D eigenvalue weighted by atomic mass is 16.5. The molecule has 2 heterocycles. The smallest absolute Gasteiger partial charge is 0.343 e. The van der Waals surface area contributed by atoms with Crippen LogP contribution in [0.15, 0.2) is 51.7 Å². The molecule has 1 aromatic heterocycles. The quantitative estimate of drug-likeness (QED) is 0.449. The number of benzene rings is 2. The number of aromatic hydroxyl groups is 1. The Morgan fingerprint density at radius 2 is 1.86 bits per heavy atom. The van der Waals surface area contributed by atoms with E-state index in [1.54, 1.807) is 19.1 Å². The van der Waals surface area contributed by atoms with Crippen molar-refractivity contribution in [1.29, 1.82) is 0 Å². The van der Waals surface area contributed by atoms with Crippen LogP contribution in [-0.2, 0) is 16.0 Å². The normalized spacial score (nSPS) is 15.4. The molecule has 0 unspecified atom stereocenters. The Balaban J connectivity index is 1.67. The highest BCUT2D eigenvalue weighted by molar-refractivity contribution is 5.78. The first-order valence-electron chi connectivity index (χ1n) is 12.0. The Morgan fingerprint density at radius 3 is 2.57 bits per heavy atom. The van der Waals surface area contributed by atoms with E-state index in [1.807, 2.05) is 18.2 Å². The zero-order chi connectivity index (χ0) is 26.5. The second-order valence-electron chi connectivity index (χ2n) is 8.74. The molecule has 9 heteroatoms. The molecule has 4 rings (SSSR count). The topological polar surface area (TPSA) is 116 Å². The lowest BCUT2D eigenvalue weighted by atomic mass is 9.87. The van der Waals surface area contributed by atoms with Crippen molar-refractivity contribution in [1.82, 2.24) is 5.32 Å². The van der Waals surface area contributed by atoms with Crippen molar-refractivity contribution < 1.29 is 33.3 Å². The van der Waals surface area contributed by atoms with Gasteiger partial charge < -0.3 is 33.8 Å². The Morgan fingerprint density at radius 1 is 1.11 bits per heavy atom. The van der Waals surface area contributed by atoms with Crippen LogP contribution in [0.1, 0.15) is 46.5 Å². The molecule has 0 bridgehead atoms. The van der Waals surface area contributed by atoms with Crippen molar-refractivity contribution >= 4 is 5.91 Å². The molecule has 3 aromatic rings. The fourth-order valence-electron chi connectivity index (χ4n) is 4.80. The summed E-state index contributed by atoms with van der Waals surface area (Å²) in [7, 11) is 4.41. The van der Waals surface area contributed by atoms with Crippen LogP contribution in [0.5, 0.6) is 23.0 Å². The number of carbonyl (C=O) groups is 1. The van der Waals surface area contributed by atoms with Gasteiger partial charge in [-0.25, -0.2) is 4.79 Å². The summed E-state index contributed by atoms with van der Waals surface area (Å²) in [5.41, 5.74) is 1.91. The van der Waals surface area contributed by atoms with Crippen molar-refractivity contribution in [2.75, 3.05) is 34.5 Å². The van der Waals surface area contributed by atoms with Crippen LogP contribution >= 0.6 is 0 Å². The van der Waals surface area contributed by atoms with Gasteiger partial charge in [-0.15, -0.1) is 0 Å². The van der Waals surface area contributed by atoms with Crippen molar-refractivity contribution in [3.05, 3.63) is 80.9 Å². The number of hydrogen-bond acceptors (Lipinski definition) is 8. The Bertz CT molecular complexity index is 1330. The molecule has 9 nitrogen and oxygen atoms in total. The molecule has 2 atom stereocenters. The molecule has 2 aromatic carbocycles. The lowest BCUT2D eigenvalue weighted by Gasteiger charge is -2.27. The van der Waals surface area contributed by atoms with Gasteiger partial charge in [0, 0.05) is 30.5 Å². The van der Waals surface area contributed by atoms with E-state index in [2.05, 4.69) is 11.4 Å². The van der Waals surface area contributed by atoms with E-state index in [0.717, 1.165) is 12.0 Å². The van der Waals surface area contributed by atoms with E-state index in [1.165, 1.54) is 33.0 Å². The van der Waals surface area contributed by atoms with Crippen LogP contribution in [0.25, 0.3) is 0 Å². The van der Waals surface area contributed by atoms with Gasteiger partial charge in [0.2, 0.25) is 11.7 Å². The van der Waals surface area contributed by atoms with Crippen molar-refractivity contribution in [3.63, 3.8) is 0 Å². The minimum atomic E-state index is -0.897. The van der Waals surface area contributed by atoms with Crippen LogP contribution in [0.2, 0.25) is 0 Å². The van der Waals surface area contributed by atoms with Gasteiger partial charge in [0.25, 0.3) is 0 Å². The maximum atomic E-state index is 13.2. The third kappa shape index (κ3) is 5.41. The molecule has 37 heavy (non-hydrogen) atoms. The van der Waals surface area contributed by atoms with Crippen molar-refractivity contribution in [2.45, 2.75) is 31.8 Å². The number of nitrogens with one attached hydrogen (secondary N) is 1. The molecule has 196 valence electrons. The fraction of sp³-hybridized carbons (Fsp3) is 0.357. The van der Waals surface area contributed by atoms with Crippen LogP contribution in [0.4, 0.5) is 0 Å². The maximum Gasteiger partial charge on any atom is 0.343 e. The van der Waals surface area contributed by atoms with Gasteiger partial charge in [-0.2, -0.15) is 0 Å². The van der Waals surface area contributed by atoms with E-state index in [-0.39, 0.29) is 47.8 Å². The summed E-state index contributed by atoms with van der Waals surface area (Å²) in [6, 6.07) is 12.7. The number of hydrogen-bond donors (Lipinski definition) is 2. The van der Waals surface area contributed by atoms with Gasteiger partial charge in [-0.05, 0) is 30.5 Å². The number of rotatable bonds is 9. The third-order valence-corrected chi connectivity index (χ3v) is 6.51. The predicted molar refractivity (Wildman–Crippen MR) is 136 cm³/mol. The largest absolute Gasteiger partial charge is 0.507 e. The highest BCUT2D eigenvalue weighted by Gasteiger charge is 2.31. The summed E-state index contributed by atoms with van der Waals surface area (Å²) in [5, 5.41) is 13.7. The van der Waals surface area contributed by atoms with Gasteiger partial charge in [0.05, 0.1) is 33.5 Å². The first kappa shape index (κ1) is 26.1. The summed E-state index contributed by atoms with van der Waals surface area (Å²) in [4.78, 5) is 26.1. The first-order chi connectivity index (χ1) is 17.9. The minimum absolute atomic E-state index is 0.0504. The number of amides is 1. The second-order valence-corrected chi connectivity index (χ2v) is 8.74. The van der Waals surface area contributed by atoms with Crippen LogP contribution < -0.4 is 25.2 Å². The summed E-state index contributed by atoms with van der Waals surface area (Å²) in [5.74, 6) is -0.256. The molecule has 2 N–H and O–H groups in total. The number of fused-ring (bicyclic) bond motifs is 1. The van der Waals surface area contributed by atoms with Crippen LogP contribution in [0, 0.1) is 6.92 Å². The fourth-order valence-corrected chi connectivity index (χ4v) is 4.80. The zero-order valence-corrected chi connectivity index (χ0v) is 21.3.